The molecular formula is C23H32O9. The van der Waals surface area contributed by atoms with Gasteiger partial charge >= 0.3 is 5.97 Å². The van der Waals surface area contributed by atoms with E-state index in [-0.39, 0.29) is 12.3 Å². The summed E-state index contributed by atoms with van der Waals surface area (Å²) in [6.07, 6.45) is -8.20. The van der Waals surface area contributed by atoms with Crippen molar-refractivity contribution >= 4 is 12.0 Å². The summed E-state index contributed by atoms with van der Waals surface area (Å²) in [6, 6.07) is 7.52. The standard InChI is InChI=1S/C23H32O9/c1-11-4-6-14(7-5-11)8-9-16(24)32-21-13(3)30-23(29)22(20(21)28)31-15-10-12(2)17(25)19(27)18(15)26/h4-9,12-13,15,17-23,25-29H,10H2,1-3H3/b9-8+. The highest BCUT2D eigenvalue weighted by atomic mass is 16.7. The quantitative estimate of drug-likeness (QED) is 0.305. The van der Waals surface area contributed by atoms with Crippen molar-refractivity contribution in [3.8, 4) is 0 Å². The van der Waals surface area contributed by atoms with Crippen LogP contribution < -0.4 is 0 Å². The summed E-state index contributed by atoms with van der Waals surface area (Å²) in [7, 11) is 0. The third-order valence-electron chi connectivity index (χ3n) is 6.11. The van der Waals surface area contributed by atoms with E-state index in [2.05, 4.69) is 0 Å². The fourth-order valence-corrected chi connectivity index (χ4v) is 4.08. The van der Waals surface area contributed by atoms with Crippen LogP contribution in [0.2, 0.25) is 0 Å². The number of ether oxygens (including phenoxy) is 3. The summed E-state index contributed by atoms with van der Waals surface area (Å²) in [6.45, 7) is 5.19. The fraction of sp³-hybridized carbons (Fsp3) is 0.609. The number of hydrogen-bond donors (Lipinski definition) is 5. The molecule has 2 aliphatic rings. The van der Waals surface area contributed by atoms with Crippen LogP contribution in [0, 0.1) is 12.8 Å². The Morgan fingerprint density at radius 1 is 0.969 bits per heavy atom. The molecule has 10 unspecified atom stereocenters. The summed E-state index contributed by atoms with van der Waals surface area (Å²) in [5, 5.41) is 51.2. The zero-order chi connectivity index (χ0) is 23.6. The van der Waals surface area contributed by atoms with Crippen LogP contribution in [0.4, 0.5) is 0 Å². The number of carbonyl (C=O) groups is 1. The molecule has 0 amide bonds. The normalized spacial score (nSPS) is 40.4. The fourth-order valence-electron chi connectivity index (χ4n) is 4.08. The number of aryl methyl sites for hydroxylation is 1. The minimum Gasteiger partial charge on any atom is -0.454 e. The number of benzene rings is 1. The van der Waals surface area contributed by atoms with Gasteiger partial charge < -0.3 is 39.7 Å². The molecule has 3 rings (SSSR count). The maximum atomic E-state index is 12.3. The largest absolute Gasteiger partial charge is 0.454 e. The molecule has 1 aromatic rings. The van der Waals surface area contributed by atoms with Crippen LogP contribution in [0.5, 0.6) is 0 Å². The van der Waals surface area contributed by atoms with Crippen LogP contribution in [0.25, 0.3) is 6.08 Å². The van der Waals surface area contributed by atoms with Crippen LogP contribution in [0.3, 0.4) is 0 Å². The second-order valence-corrected chi connectivity index (χ2v) is 8.69. The van der Waals surface area contributed by atoms with Crippen molar-refractivity contribution < 1.29 is 44.5 Å². The molecule has 1 aliphatic carbocycles. The van der Waals surface area contributed by atoms with E-state index in [1.807, 2.05) is 31.2 Å². The molecule has 0 radical (unpaired) electrons. The van der Waals surface area contributed by atoms with Crippen LogP contribution in [-0.2, 0) is 19.0 Å². The monoisotopic (exact) mass is 452 g/mol. The molecule has 10 atom stereocenters. The Morgan fingerprint density at radius 2 is 1.62 bits per heavy atom. The Bertz CT molecular complexity index is 795. The first-order valence-corrected chi connectivity index (χ1v) is 10.7. The number of rotatable bonds is 5. The van der Waals surface area contributed by atoms with Crippen molar-refractivity contribution in [2.75, 3.05) is 0 Å². The average Bonchev–Trinajstić information content (AvgIpc) is 2.75. The highest BCUT2D eigenvalue weighted by Gasteiger charge is 2.49. The maximum Gasteiger partial charge on any atom is 0.331 e. The van der Waals surface area contributed by atoms with Crippen LogP contribution >= 0.6 is 0 Å². The predicted octanol–water partition coefficient (Wildman–Crippen LogP) is -0.106. The number of aliphatic hydroxyl groups is 5. The SMILES string of the molecule is Cc1ccc(/C=C/C(=O)OC2C(C)OC(O)C(OC3CC(C)C(O)C(O)C3O)C2O)cc1. The van der Waals surface area contributed by atoms with Gasteiger partial charge in [0.25, 0.3) is 0 Å². The van der Waals surface area contributed by atoms with Crippen LogP contribution in [-0.4, -0.2) is 86.6 Å². The van der Waals surface area contributed by atoms with Gasteiger partial charge in [0.15, 0.2) is 12.4 Å². The zero-order valence-corrected chi connectivity index (χ0v) is 18.3. The van der Waals surface area contributed by atoms with E-state index in [0.717, 1.165) is 11.1 Å². The molecule has 9 heteroatoms. The third kappa shape index (κ3) is 5.55. The van der Waals surface area contributed by atoms with Gasteiger partial charge in [0.2, 0.25) is 0 Å². The van der Waals surface area contributed by atoms with E-state index in [1.54, 1.807) is 19.9 Å². The number of aliphatic hydroxyl groups excluding tert-OH is 5. The van der Waals surface area contributed by atoms with Gasteiger partial charge in [-0.25, -0.2) is 4.79 Å². The highest BCUT2D eigenvalue weighted by Crippen LogP contribution is 2.32. The van der Waals surface area contributed by atoms with Crippen molar-refractivity contribution in [3.05, 3.63) is 41.5 Å². The van der Waals surface area contributed by atoms with Crippen molar-refractivity contribution in [2.24, 2.45) is 5.92 Å². The van der Waals surface area contributed by atoms with E-state index >= 15 is 0 Å². The van der Waals surface area contributed by atoms with Gasteiger partial charge in [0.1, 0.15) is 24.4 Å². The van der Waals surface area contributed by atoms with E-state index in [0.29, 0.717) is 0 Å². The molecule has 178 valence electrons. The van der Waals surface area contributed by atoms with Crippen molar-refractivity contribution in [3.63, 3.8) is 0 Å². The van der Waals surface area contributed by atoms with Gasteiger partial charge in [-0.3, -0.25) is 0 Å². The van der Waals surface area contributed by atoms with E-state index in [4.69, 9.17) is 14.2 Å². The van der Waals surface area contributed by atoms with Crippen molar-refractivity contribution in [2.45, 2.75) is 82.3 Å². The molecule has 0 bridgehead atoms. The highest BCUT2D eigenvalue weighted by molar-refractivity contribution is 5.87. The van der Waals surface area contributed by atoms with Gasteiger partial charge in [-0.05, 0) is 37.8 Å². The minimum atomic E-state index is -1.54. The topological polar surface area (TPSA) is 146 Å². The minimum absolute atomic E-state index is 0.189. The van der Waals surface area contributed by atoms with Gasteiger partial charge in [-0.1, -0.05) is 36.8 Å². The molecule has 9 nitrogen and oxygen atoms in total. The molecule has 1 aromatic carbocycles. The third-order valence-corrected chi connectivity index (χ3v) is 6.11. The molecule has 1 aliphatic heterocycles. The lowest BCUT2D eigenvalue weighted by atomic mass is 9.81. The molecule has 0 aromatic heterocycles. The van der Waals surface area contributed by atoms with Gasteiger partial charge in [-0.2, -0.15) is 0 Å². The molecule has 0 spiro atoms. The summed E-state index contributed by atoms with van der Waals surface area (Å²) < 4.78 is 16.5. The summed E-state index contributed by atoms with van der Waals surface area (Å²) >= 11 is 0. The smallest absolute Gasteiger partial charge is 0.331 e. The molecule has 1 saturated heterocycles. The van der Waals surface area contributed by atoms with E-state index < -0.39 is 61.1 Å². The van der Waals surface area contributed by atoms with Crippen LogP contribution in [0.15, 0.2) is 30.3 Å². The zero-order valence-electron chi connectivity index (χ0n) is 18.3. The lowest BCUT2D eigenvalue weighted by Gasteiger charge is -2.45. The Hall–Kier alpha value is -1.85. The Morgan fingerprint density at radius 3 is 2.28 bits per heavy atom. The number of esters is 1. The Labute approximate surface area is 186 Å². The van der Waals surface area contributed by atoms with E-state index in [9.17, 15) is 30.3 Å². The Balaban J connectivity index is 1.65. The van der Waals surface area contributed by atoms with Crippen LogP contribution in [0.1, 0.15) is 31.4 Å². The first-order valence-electron chi connectivity index (χ1n) is 10.7. The van der Waals surface area contributed by atoms with Gasteiger partial charge in [0, 0.05) is 6.08 Å². The van der Waals surface area contributed by atoms with Crippen molar-refractivity contribution in [1.29, 1.82) is 0 Å². The average molecular weight is 453 g/mol. The van der Waals surface area contributed by atoms with Gasteiger partial charge in [0.05, 0.1) is 18.3 Å². The number of hydrogen-bond acceptors (Lipinski definition) is 9. The summed E-state index contributed by atoms with van der Waals surface area (Å²) in [4.78, 5) is 12.3. The predicted molar refractivity (Wildman–Crippen MR) is 113 cm³/mol. The van der Waals surface area contributed by atoms with E-state index in [1.165, 1.54) is 6.08 Å². The van der Waals surface area contributed by atoms with Gasteiger partial charge in [-0.15, -0.1) is 0 Å². The van der Waals surface area contributed by atoms with Crippen molar-refractivity contribution in [1.82, 2.24) is 0 Å². The maximum absolute atomic E-state index is 12.3. The first kappa shape index (κ1) is 24.8. The summed E-state index contributed by atoms with van der Waals surface area (Å²) in [5.41, 5.74) is 1.89. The summed E-state index contributed by atoms with van der Waals surface area (Å²) in [5.74, 6) is -1.08. The second-order valence-electron chi connectivity index (χ2n) is 8.69. The Kier molecular flexibility index (Phi) is 8.05. The number of carbonyl (C=O) groups excluding carboxylic acids is 1. The lowest BCUT2D eigenvalue weighted by Crippen LogP contribution is -2.62. The molecule has 2 fully saturated rings. The lowest BCUT2D eigenvalue weighted by molar-refractivity contribution is -0.309. The molecule has 5 N–H and O–H groups in total. The molecular weight excluding hydrogens is 420 g/mol. The molecule has 32 heavy (non-hydrogen) atoms. The second kappa shape index (κ2) is 10.4. The molecule has 1 heterocycles. The molecule has 1 saturated carbocycles. The first-order chi connectivity index (χ1) is 15.1.